The second-order valence-electron chi connectivity index (χ2n) is 8.43. The van der Waals surface area contributed by atoms with Crippen LogP contribution in [0.3, 0.4) is 0 Å². The van der Waals surface area contributed by atoms with Crippen LogP contribution < -0.4 is 9.46 Å². The number of ether oxygens (including phenoxy) is 2. The monoisotopic (exact) mass is 473 g/mol. The molecule has 9 heteroatoms. The number of benzene rings is 2. The van der Waals surface area contributed by atoms with Crippen LogP contribution in [0.15, 0.2) is 53.4 Å². The van der Waals surface area contributed by atoms with Gasteiger partial charge in [0.25, 0.3) is 5.91 Å². The number of amides is 1. The van der Waals surface area contributed by atoms with Crippen molar-refractivity contribution in [2.24, 2.45) is 0 Å². The Bertz CT molecular complexity index is 1040. The molecule has 33 heavy (non-hydrogen) atoms. The van der Waals surface area contributed by atoms with Crippen LogP contribution in [0.5, 0.6) is 5.75 Å². The molecule has 2 heterocycles. The predicted octanol–water partition coefficient (Wildman–Crippen LogP) is 2.11. The number of rotatable bonds is 8. The first kappa shape index (κ1) is 23.7. The number of carbonyl (C=O) groups is 1. The Kier molecular flexibility index (Phi) is 7.64. The largest absolute Gasteiger partial charge is 0.497 e. The van der Waals surface area contributed by atoms with Gasteiger partial charge in [-0.3, -0.25) is 9.69 Å². The summed E-state index contributed by atoms with van der Waals surface area (Å²) in [7, 11) is -2.05. The Hall–Kier alpha value is -2.46. The Balaban J connectivity index is 1.32. The highest BCUT2D eigenvalue weighted by molar-refractivity contribution is 7.89. The van der Waals surface area contributed by atoms with Crippen LogP contribution in [-0.4, -0.2) is 76.7 Å². The maximum absolute atomic E-state index is 13.0. The van der Waals surface area contributed by atoms with Gasteiger partial charge in [-0.2, -0.15) is 0 Å². The van der Waals surface area contributed by atoms with Gasteiger partial charge in [-0.25, -0.2) is 13.1 Å². The van der Waals surface area contributed by atoms with E-state index in [1.54, 1.807) is 24.1 Å². The molecule has 2 aromatic carbocycles. The first-order valence-electron chi connectivity index (χ1n) is 11.3. The third kappa shape index (κ3) is 6.11. The average molecular weight is 474 g/mol. The van der Waals surface area contributed by atoms with Gasteiger partial charge in [0.2, 0.25) is 10.0 Å². The van der Waals surface area contributed by atoms with Crippen LogP contribution in [0.1, 0.15) is 28.8 Å². The fourth-order valence-corrected chi connectivity index (χ4v) is 5.28. The summed E-state index contributed by atoms with van der Waals surface area (Å²) in [5.41, 5.74) is 1.59. The highest BCUT2D eigenvalue weighted by Gasteiger charge is 2.25. The van der Waals surface area contributed by atoms with Crippen molar-refractivity contribution in [2.45, 2.75) is 30.4 Å². The van der Waals surface area contributed by atoms with E-state index in [0.29, 0.717) is 25.3 Å². The van der Waals surface area contributed by atoms with Crippen LogP contribution in [0, 0.1) is 0 Å². The highest BCUT2D eigenvalue weighted by Crippen LogP contribution is 2.18. The van der Waals surface area contributed by atoms with Gasteiger partial charge in [-0.15, -0.1) is 0 Å². The second-order valence-corrected chi connectivity index (χ2v) is 10.2. The molecule has 1 N–H and O–H groups in total. The molecule has 1 atom stereocenters. The molecule has 8 nitrogen and oxygen atoms in total. The summed E-state index contributed by atoms with van der Waals surface area (Å²) in [6.45, 7) is 4.46. The molecule has 0 unspecified atom stereocenters. The summed E-state index contributed by atoms with van der Waals surface area (Å²) in [5.74, 6) is 0.691. The number of carbonyl (C=O) groups excluding carboxylic acids is 1. The molecule has 0 bridgehead atoms. The number of piperazine rings is 1. The van der Waals surface area contributed by atoms with Crippen molar-refractivity contribution in [1.82, 2.24) is 14.5 Å². The second kappa shape index (κ2) is 10.6. The molecule has 0 saturated carbocycles. The van der Waals surface area contributed by atoms with Crippen molar-refractivity contribution in [2.75, 3.05) is 46.4 Å². The maximum atomic E-state index is 13.0. The third-order valence-electron chi connectivity index (χ3n) is 6.14. The van der Waals surface area contributed by atoms with E-state index in [4.69, 9.17) is 9.47 Å². The summed E-state index contributed by atoms with van der Waals surface area (Å²) in [4.78, 5) is 17.2. The molecule has 4 rings (SSSR count). The van der Waals surface area contributed by atoms with Gasteiger partial charge in [0, 0.05) is 51.4 Å². The van der Waals surface area contributed by atoms with Crippen molar-refractivity contribution >= 4 is 15.9 Å². The Morgan fingerprint density at radius 3 is 2.55 bits per heavy atom. The summed E-state index contributed by atoms with van der Waals surface area (Å²) >= 11 is 0. The molecule has 0 aromatic heterocycles. The summed E-state index contributed by atoms with van der Waals surface area (Å²) in [6, 6.07) is 14.3. The zero-order chi connectivity index (χ0) is 23.3. The van der Waals surface area contributed by atoms with Crippen molar-refractivity contribution in [1.29, 1.82) is 0 Å². The fourth-order valence-electron chi connectivity index (χ4n) is 4.17. The van der Waals surface area contributed by atoms with Crippen molar-refractivity contribution in [3.8, 4) is 5.75 Å². The van der Waals surface area contributed by atoms with E-state index in [0.717, 1.165) is 38.2 Å². The average Bonchev–Trinajstić information content (AvgIpc) is 3.37. The van der Waals surface area contributed by atoms with Crippen molar-refractivity contribution in [3.05, 3.63) is 59.7 Å². The minimum Gasteiger partial charge on any atom is -0.497 e. The van der Waals surface area contributed by atoms with Crippen molar-refractivity contribution in [3.63, 3.8) is 0 Å². The smallest absolute Gasteiger partial charge is 0.253 e. The molecule has 2 saturated heterocycles. The van der Waals surface area contributed by atoms with E-state index in [1.807, 2.05) is 12.1 Å². The van der Waals surface area contributed by atoms with E-state index in [1.165, 1.54) is 17.7 Å². The molecule has 0 radical (unpaired) electrons. The minimum absolute atomic E-state index is 0.0844. The maximum Gasteiger partial charge on any atom is 0.253 e. The number of nitrogens with one attached hydrogen (secondary N) is 1. The zero-order valence-corrected chi connectivity index (χ0v) is 19.7. The first-order chi connectivity index (χ1) is 15.9. The van der Waals surface area contributed by atoms with Gasteiger partial charge in [-0.05, 0) is 48.7 Å². The molecule has 2 aromatic rings. The molecule has 178 valence electrons. The lowest BCUT2D eigenvalue weighted by molar-refractivity contribution is 0.0628. The lowest BCUT2D eigenvalue weighted by Crippen LogP contribution is -2.48. The molecule has 2 aliphatic heterocycles. The molecule has 0 spiro atoms. The summed E-state index contributed by atoms with van der Waals surface area (Å²) in [6.07, 6.45) is 1.72. The van der Waals surface area contributed by atoms with Crippen LogP contribution in [0.2, 0.25) is 0 Å². The van der Waals surface area contributed by atoms with Gasteiger partial charge in [-0.1, -0.05) is 18.2 Å². The molecular formula is C24H31N3O5S. The standard InChI is InChI=1S/C24H31N3O5S/c1-31-21-9-7-19(8-10-21)18-26-11-13-27(14-12-26)24(28)20-4-2-6-23(16-20)33(29,30)25-17-22-5-3-15-32-22/h2,4,6-10,16,22,25H,3,5,11-15,17-18H2,1H3/t22-/m0/s1. The Morgan fingerprint density at radius 2 is 1.88 bits per heavy atom. The van der Waals surface area contributed by atoms with Crippen LogP contribution in [0.25, 0.3) is 0 Å². The number of sulfonamides is 1. The van der Waals surface area contributed by atoms with E-state index < -0.39 is 10.0 Å². The number of hydrogen-bond acceptors (Lipinski definition) is 6. The normalized spacial score (nSPS) is 19.5. The quantitative estimate of drug-likeness (QED) is 0.632. The number of methoxy groups -OCH3 is 1. The van der Waals surface area contributed by atoms with Gasteiger partial charge < -0.3 is 14.4 Å². The topological polar surface area (TPSA) is 88.2 Å². The minimum atomic E-state index is -3.70. The van der Waals surface area contributed by atoms with Gasteiger partial charge >= 0.3 is 0 Å². The fraction of sp³-hybridized carbons (Fsp3) is 0.458. The molecule has 1 amide bonds. The number of nitrogens with zero attached hydrogens (tertiary/aromatic N) is 2. The molecule has 2 fully saturated rings. The third-order valence-corrected chi connectivity index (χ3v) is 7.56. The summed E-state index contributed by atoms with van der Waals surface area (Å²) in [5, 5.41) is 0. The van der Waals surface area contributed by atoms with Crippen LogP contribution >= 0.6 is 0 Å². The molecule has 2 aliphatic rings. The lowest BCUT2D eigenvalue weighted by atomic mass is 10.1. The van der Waals surface area contributed by atoms with E-state index in [9.17, 15) is 13.2 Å². The number of hydrogen-bond donors (Lipinski definition) is 1. The zero-order valence-electron chi connectivity index (χ0n) is 18.9. The SMILES string of the molecule is COc1ccc(CN2CCN(C(=O)c3cccc(S(=O)(=O)NC[C@@H]4CCCO4)c3)CC2)cc1. The van der Waals surface area contributed by atoms with Crippen LogP contribution in [0.4, 0.5) is 0 Å². The van der Waals surface area contributed by atoms with Gasteiger partial charge in [0.15, 0.2) is 0 Å². The molecule has 0 aliphatic carbocycles. The highest BCUT2D eigenvalue weighted by atomic mass is 32.2. The first-order valence-corrected chi connectivity index (χ1v) is 12.8. The van der Waals surface area contributed by atoms with E-state index in [2.05, 4.69) is 21.8 Å². The van der Waals surface area contributed by atoms with Gasteiger partial charge in [0.05, 0.1) is 18.1 Å². The molecular weight excluding hydrogens is 442 g/mol. The Morgan fingerprint density at radius 1 is 1.12 bits per heavy atom. The van der Waals surface area contributed by atoms with Gasteiger partial charge in [0.1, 0.15) is 5.75 Å². The Labute approximate surface area is 195 Å². The van der Waals surface area contributed by atoms with Crippen molar-refractivity contribution < 1.29 is 22.7 Å². The summed E-state index contributed by atoms with van der Waals surface area (Å²) < 4.78 is 38.7. The lowest BCUT2D eigenvalue weighted by Gasteiger charge is -2.34. The van der Waals surface area contributed by atoms with E-state index >= 15 is 0 Å². The predicted molar refractivity (Wildman–Crippen MR) is 125 cm³/mol. The van der Waals surface area contributed by atoms with E-state index in [-0.39, 0.29) is 23.5 Å². The van der Waals surface area contributed by atoms with Crippen LogP contribution in [-0.2, 0) is 21.3 Å².